The number of carbonyl (C=O) groups excluding carboxylic acids is 1. The number of aliphatic hydroxyl groups is 1. The van der Waals surface area contributed by atoms with Crippen molar-refractivity contribution in [2.45, 2.75) is 32.4 Å². The summed E-state index contributed by atoms with van der Waals surface area (Å²) in [5.41, 5.74) is 2.92. The fraction of sp³-hybridized carbons (Fsp3) is 0.350. The summed E-state index contributed by atoms with van der Waals surface area (Å²) in [6, 6.07) is 15.1. The van der Waals surface area contributed by atoms with E-state index in [0.29, 0.717) is 6.42 Å². The zero-order valence-corrected chi connectivity index (χ0v) is 15.0. The van der Waals surface area contributed by atoms with Crippen molar-refractivity contribution in [3.63, 3.8) is 0 Å². The van der Waals surface area contributed by atoms with Crippen LogP contribution < -0.4 is 15.4 Å². The zero-order chi connectivity index (χ0) is 18.2. The van der Waals surface area contributed by atoms with Crippen molar-refractivity contribution in [3.05, 3.63) is 65.2 Å². The molecule has 3 N–H and O–H groups in total. The highest BCUT2D eigenvalue weighted by Crippen LogP contribution is 2.16. The van der Waals surface area contributed by atoms with Crippen LogP contribution in [0.4, 0.5) is 4.79 Å². The summed E-state index contributed by atoms with van der Waals surface area (Å²) in [6.07, 6.45) is -0.0223. The second-order valence-electron chi connectivity index (χ2n) is 6.18. The van der Waals surface area contributed by atoms with Gasteiger partial charge in [0.1, 0.15) is 5.75 Å². The molecule has 5 heteroatoms. The van der Waals surface area contributed by atoms with E-state index in [9.17, 15) is 9.90 Å². The minimum absolute atomic E-state index is 0.0392. The minimum Gasteiger partial charge on any atom is -0.497 e. The number of ether oxygens (including phenoxy) is 1. The van der Waals surface area contributed by atoms with Gasteiger partial charge >= 0.3 is 6.03 Å². The molecule has 134 valence electrons. The van der Waals surface area contributed by atoms with Gasteiger partial charge in [0.2, 0.25) is 0 Å². The molecule has 2 amide bonds. The lowest BCUT2D eigenvalue weighted by Gasteiger charge is -2.18. The molecule has 0 aliphatic rings. The van der Waals surface area contributed by atoms with Gasteiger partial charge in [-0.3, -0.25) is 0 Å². The van der Waals surface area contributed by atoms with Crippen LogP contribution in [0.2, 0.25) is 0 Å². The van der Waals surface area contributed by atoms with E-state index in [4.69, 9.17) is 4.74 Å². The van der Waals surface area contributed by atoms with Gasteiger partial charge in [0, 0.05) is 12.6 Å². The molecule has 0 aliphatic carbocycles. The number of hydrogen-bond acceptors (Lipinski definition) is 3. The Morgan fingerprint density at radius 1 is 1.20 bits per heavy atom. The van der Waals surface area contributed by atoms with Crippen LogP contribution in [-0.2, 0) is 6.42 Å². The van der Waals surface area contributed by atoms with Crippen LogP contribution in [0, 0.1) is 6.92 Å². The van der Waals surface area contributed by atoms with Crippen LogP contribution in [0.25, 0.3) is 0 Å². The lowest BCUT2D eigenvalue weighted by molar-refractivity contribution is 0.172. The number of aliphatic hydroxyl groups excluding tert-OH is 1. The number of carbonyl (C=O) groups is 1. The van der Waals surface area contributed by atoms with Gasteiger partial charge in [-0.05, 0) is 49.1 Å². The monoisotopic (exact) mass is 342 g/mol. The number of benzene rings is 2. The first-order valence-corrected chi connectivity index (χ1v) is 8.40. The molecule has 0 saturated heterocycles. The Morgan fingerprint density at radius 2 is 1.96 bits per heavy atom. The molecule has 0 bridgehead atoms. The second-order valence-corrected chi connectivity index (χ2v) is 6.18. The average molecular weight is 342 g/mol. The molecule has 2 aromatic carbocycles. The largest absolute Gasteiger partial charge is 0.497 e. The van der Waals surface area contributed by atoms with Crippen LogP contribution >= 0.6 is 0 Å². The summed E-state index contributed by atoms with van der Waals surface area (Å²) in [7, 11) is 1.63. The summed E-state index contributed by atoms with van der Waals surface area (Å²) in [6.45, 7) is 4.05. The van der Waals surface area contributed by atoms with Gasteiger partial charge in [0.25, 0.3) is 0 Å². The van der Waals surface area contributed by atoms with E-state index < -0.39 is 6.10 Å². The molecule has 5 nitrogen and oxygen atoms in total. The van der Waals surface area contributed by atoms with Gasteiger partial charge in [0.05, 0.1) is 13.2 Å². The summed E-state index contributed by atoms with van der Waals surface area (Å²) in [4.78, 5) is 12.0. The Balaban J connectivity index is 1.80. The SMILES string of the molecule is COc1cccc(CC(C)NC(=O)NCC(O)c2ccccc2C)c1. The molecule has 2 rings (SSSR count). The molecule has 0 heterocycles. The minimum atomic E-state index is -0.722. The molecule has 25 heavy (non-hydrogen) atoms. The van der Waals surface area contributed by atoms with Crippen LogP contribution in [-0.4, -0.2) is 30.8 Å². The Hall–Kier alpha value is -2.53. The lowest BCUT2D eigenvalue weighted by atomic mass is 10.0. The van der Waals surface area contributed by atoms with Gasteiger partial charge in [-0.25, -0.2) is 4.79 Å². The van der Waals surface area contributed by atoms with Crippen LogP contribution in [0.3, 0.4) is 0 Å². The molecule has 0 saturated carbocycles. The number of hydrogen-bond donors (Lipinski definition) is 3. The van der Waals surface area contributed by atoms with Gasteiger partial charge in [-0.1, -0.05) is 36.4 Å². The smallest absolute Gasteiger partial charge is 0.315 e. The molecule has 2 atom stereocenters. The Bertz CT molecular complexity index is 703. The topological polar surface area (TPSA) is 70.6 Å². The highest BCUT2D eigenvalue weighted by Gasteiger charge is 2.13. The predicted octanol–water partition coefficient (Wildman–Crippen LogP) is 2.97. The number of amides is 2. The molecule has 0 aromatic heterocycles. The fourth-order valence-corrected chi connectivity index (χ4v) is 2.74. The highest BCUT2D eigenvalue weighted by atomic mass is 16.5. The van der Waals surface area contributed by atoms with Crippen LogP contribution in [0.1, 0.15) is 29.7 Å². The van der Waals surface area contributed by atoms with Crippen molar-refractivity contribution in [1.82, 2.24) is 10.6 Å². The van der Waals surface area contributed by atoms with E-state index in [1.54, 1.807) is 7.11 Å². The van der Waals surface area contributed by atoms with Crippen molar-refractivity contribution in [2.75, 3.05) is 13.7 Å². The third kappa shape index (κ3) is 5.80. The number of nitrogens with one attached hydrogen (secondary N) is 2. The van der Waals surface area contributed by atoms with Crippen molar-refractivity contribution in [3.8, 4) is 5.75 Å². The van der Waals surface area contributed by atoms with Gasteiger partial charge in [-0.2, -0.15) is 0 Å². The van der Waals surface area contributed by atoms with E-state index in [0.717, 1.165) is 22.4 Å². The molecule has 0 radical (unpaired) electrons. The zero-order valence-electron chi connectivity index (χ0n) is 15.0. The molecule has 0 fully saturated rings. The van der Waals surface area contributed by atoms with Gasteiger partial charge in [0.15, 0.2) is 0 Å². The first kappa shape index (κ1) is 18.8. The third-order valence-electron chi connectivity index (χ3n) is 4.06. The molecule has 0 spiro atoms. The normalized spacial score (nSPS) is 13.0. The fourth-order valence-electron chi connectivity index (χ4n) is 2.74. The first-order valence-electron chi connectivity index (χ1n) is 8.40. The quantitative estimate of drug-likeness (QED) is 0.724. The predicted molar refractivity (Wildman–Crippen MR) is 98.8 cm³/mol. The standard InChI is InChI=1S/C20H26N2O3/c1-14-7-4-5-10-18(14)19(23)13-21-20(24)22-15(2)11-16-8-6-9-17(12-16)25-3/h4-10,12,15,19,23H,11,13H2,1-3H3,(H2,21,22,24). The number of methoxy groups -OCH3 is 1. The van der Waals surface area contributed by atoms with E-state index >= 15 is 0 Å². The maximum absolute atomic E-state index is 12.0. The Morgan fingerprint density at radius 3 is 2.68 bits per heavy atom. The maximum atomic E-state index is 12.0. The second kappa shape index (κ2) is 9.08. The van der Waals surface area contributed by atoms with Gasteiger partial charge in [-0.15, -0.1) is 0 Å². The van der Waals surface area contributed by atoms with E-state index in [1.807, 2.05) is 62.4 Å². The van der Waals surface area contributed by atoms with E-state index in [-0.39, 0.29) is 18.6 Å². The summed E-state index contributed by atoms with van der Waals surface area (Å²) < 4.78 is 5.21. The molecular weight excluding hydrogens is 316 g/mol. The average Bonchev–Trinajstić information content (AvgIpc) is 2.60. The first-order chi connectivity index (χ1) is 12.0. The van der Waals surface area contributed by atoms with Crippen molar-refractivity contribution in [1.29, 1.82) is 0 Å². The third-order valence-corrected chi connectivity index (χ3v) is 4.06. The Labute approximate surface area is 149 Å². The molecule has 2 unspecified atom stereocenters. The molecular formula is C20H26N2O3. The number of aryl methyl sites for hydroxylation is 1. The number of rotatable bonds is 7. The summed E-state index contributed by atoms with van der Waals surface area (Å²) >= 11 is 0. The molecule has 0 aliphatic heterocycles. The maximum Gasteiger partial charge on any atom is 0.315 e. The van der Waals surface area contributed by atoms with Crippen LogP contribution in [0.5, 0.6) is 5.75 Å². The van der Waals surface area contributed by atoms with E-state index in [1.165, 1.54) is 0 Å². The van der Waals surface area contributed by atoms with Crippen molar-refractivity contribution < 1.29 is 14.6 Å². The van der Waals surface area contributed by atoms with Crippen LogP contribution in [0.15, 0.2) is 48.5 Å². The number of urea groups is 1. The van der Waals surface area contributed by atoms with E-state index in [2.05, 4.69) is 10.6 Å². The Kier molecular flexibility index (Phi) is 6.83. The lowest BCUT2D eigenvalue weighted by Crippen LogP contribution is -2.43. The van der Waals surface area contributed by atoms with Gasteiger partial charge < -0.3 is 20.5 Å². The summed E-state index contributed by atoms with van der Waals surface area (Å²) in [5.74, 6) is 0.801. The van der Waals surface area contributed by atoms with Crippen molar-refractivity contribution >= 4 is 6.03 Å². The highest BCUT2D eigenvalue weighted by molar-refractivity contribution is 5.74. The van der Waals surface area contributed by atoms with Crippen molar-refractivity contribution in [2.24, 2.45) is 0 Å². The summed E-state index contributed by atoms with van der Waals surface area (Å²) in [5, 5.41) is 15.8. The molecule has 2 aromatic rings.